The van der Waals surface area contributed by atoms with Crippen molar-refractivity contribution in [3.05, 3.63) is 69.4 Å². The van der Waals surface area contributed by atoms with Crippen LogP contribution < -0.4 is 10.8 Å². The summed E-state index contributed by atoms with van der Waals surface area (Å²) in [6.45, 7) is 5.79. The number of benzene rings is 1. The molecule has 1 fully saturated rings. The fraction of sp³-hybridized carbons (Fsp3) is 0.391. The number of hydrogen-bond donors (Lipinski definition) is 2. The third-order valence-corrected chi connectivity index (χ3v) is 6.65. The van der Waals surface area contributed by atoms with Gasteiger partial charge in [0, 0.05) is 60.6 Å². The summed E-state index contributed by atoms with van der Waals surface area (Å²) in [6.07, 6.45) is 2.96. The Balaban J connectivity index is 1.45. The summed E-state index contributed by atoms with van der Waals surface area (Å²) >= 11 is 0. The van der Waals surface area contributed by atoms with Crippen LogP contribution in [0.1, 0.15) is 48.3 Å². The molecule has 2 bridgehead atoms. The lowest BCUT2D eigenvalue weighted by atomic mass is 9.83. The van der Waals surface area contributed by atoms with E-state index >= 15 is 0 Å². The number of aromatic nitrogens is 2. The number of amides is 1. The van der Waals surface area contributed by atoms with Gasteiger partial charge in [-0.1, -0.05) is 6.07 Å². The van der Waals surface area contributed by atoms with E-state index in [1.54, 1.807) is 10.6 Å². The molecule has 2 aromatic heterocycles. The maximum Gasteiger partial charge on any atom is 0.315 e. The molecule has 8 nitrogen and oxygen atoms in total. The average molecular weight is 422 g/mol. The average Bonchev–Trinajstić information content (AvgIpc) is 3.17. The van der Waals surface area contributed by atoms with Crippen molar-refractivity contribution in [2.75, 3.05) is 13.1 Å². The van der Waals surface area contributed by atoms with Crippen LogP contribution >= 0.6 is 0 Å². The first-order valence-corrected chi connectivity index (χ1v) is 10.7. The van der Waals surface area contributed by atoms with Crippen molar-refractivity contribution in [2.24, 2.45) is 5.92 Å². The van der Waals surface area contributed by atoms with Gasteiger partial charge in [-0.3, -0.25) is 9.59 Å². The lowest BCUT2D eigenvalue weighted by Crippen LogP contribution is -3.00. The number of fused-ring (bicyclic) bond motifs is 5. The Bertz CT molecular complexity index is 1230. The highest BCUT2D eigenvalue weighted by Gasteiger charge is 2.37. The highest BCUT2D eigenvalue weighted by molar-refractivity contribution is 5.98. The Morgan fingerprint density at radius 1 is 1.16 bits per heavy atom. The molecule has 3 aromatic rings. The van der Waals surface area contributed by atoms with Gasteiger partial charge in [0.2, 0.25) is 5.69 Å². The molecule has 4 heterocycles. The zero-order valence-electron chi connectivity index (χ0n) is 17.6. The Labute approximate surface area is 179 Å². The van der Waals surface area contributed by atoms with Crippen LogP contribution in [0.3, 0.4) is 0 Å². The largest absolute Gasteiger partial charge is 0.595 e. The zero-order valence-corrected chi connectivity index (χ0v) is 17.6. The molecule has 31 heavy (non-hydrogen) atoms. The van der Waals surface area contributed by atoms with E-state index in [4.69, 9.17) is 0 Å². The molecule has 1 amide bonds. The molecule has 0 spiro atoms. The summed E-state index contributed by atoms with van der Waals surface area (Å²) in [7, 11) is 0. The predicted molar refractivity (Wildman–Crippen MR) is 116 cm³/mol. The molecule has 1 saturated heterocycles. The summed E-state index contributed by atoms with van der Waals surface area (Å²) in [6, 6.07) is 11.4. The third kappa shape index (κ3) is 3.27. The first-order chi connectivity index (χ1) is 14.8. The number of nitrogens with one attached hydrogen (secondary N) is 1. The van der Waals surface area contributed by atoms with Crippen LogP contribution in [-0.2, 0) is 6.54 Å². The first-order valence-electron chi connectivity index (χ1n) is 10.7. The van der Waals surface area contributed by atoms with E-state index in [1.165, 1.54) is 6.07 Å². The monoisotopic (exact) mass is 422 g/mol. The standard InChI is InChI=1S/C23H26N4O4/c1-14(2)25-8-7-16-3-4-17(10-21(16)25)22(28)24-11-15-9-18(13-24)19-5-6-20(27(30)31)23(29)26(19)12-15/h3-8,10,14-15,18,27,30H,9,11-13H2,1-2H3/t15-,18?/m0/s1. The SMILES string of the molecule is CC(C)n1ccc2ccc(C(=O)N3CC4C[C@@H](C3)Cn3c4ccc([NH+]([O-])O)c3=O)cc21. The minimum Gasteiger partial charge on any atom is -0.595 e. The summed E-state index contributed by atoms with van der Waals surface area (Å²) < 4.78 is 3.77. The van der Waals surface area contributed by atoms with Crippen LogP contribution in [-0.4, -0.2) is 38.2 Å². The van der Waals surface area contributed by atoms with Crippen molar-refractivity contribution in [1.82, 2.24) is 14.0 Å². The number of piperidine rings is 1. The molecule has 0 aliphatic carbocycles. The molecule has 0 radical (unpaired) electrons. The quantitative estimate of drug-likeness (QED) is 0.632. The van der Waals surface area contributed by atoms with Crippen LogP contribution in [0.2, 0.25) is 0 Å². The number of pyridine rings is 1. The van der Waals surface area contributed by atoms with Gasteiger partial charge in [-0.2, -0.15) is 5.23 Å². The van der Waals surface area contributed by atoms with Crippen molar-refractivity contribution >= 4 is 22.5 Å². The van der Waals surface area contributed by atoms with Crippen LogP contribution in [0.5, 0.6) is 0 Å². The first kappa shape index (κ1) is 20.0. The number of hydrogen-bond acceptors (Lipinski definition) is 4. The van der Waals surface area contributed by atoms with Crippen LogP contribution in [0.15, 0.2) is 47.4 Å². The fourth-order valence-corrected chi connectivity index (χ4v) is 5.19. The molecule has 1 aromatic carbocycles. The summed E-state index contributed by atoms with van der Waals surface area (Å²) in [4.78, 5) is 27.9. The number of quaternary nitrogens is 1. The topological polar surface area (TPSA) is 95.0 Å². The van der Waals surface area contributed by atoms with Gasteiger partial charge in [0.25, 0.3) is 5.91 Å². The molecule has 162 valence electrons. The van der Waals surface area contributed by atoms with Crippen molar-refractivity contribution in [1.29, 1.82) is 0 Å². The molecule has 2 unspecified atom stereocenters. The van der Waals surface area contributed by atoms with Gasteiger partial charge in [0.05, 0.1) is 0 Å². The molecule has 2 N–H and O–H groups in total. The fourth-order valence-electron chi connectivity index (χ4n) is 5.19. The van der Waals surface area contributed by atoms with E-state index in [0.717, 1.165) is 23.0 Å². The molecule has 0 saturated carbocycles. The molecule has 2 aliphatic heterocycles. The number of nitrogens with zero attached hydrogens (tertiary/aromatic N) is 3. The smallest absolute Gasteiger partial charge is 0.315 e. The lowest BCUT2D eigenvalue weighted by molar-refractivity contribution is -0.992. The highest BCUT2D eigenvalue weighted by atomic mass is 16.8. The van der Waals surface area contributed by atoms with Gasteiger partial charge in [0.15, 0.2) is 0 Å². The number of rotatable bonds is 3. The second-order valence-electron chi connectivity index (χ2n) is 8.99. The third-order valence-electron chi connectivity index (χ3n) is 6.65. The predicted octanol–water partition coefficient (Wildman–Crippen LogP) is 2.05. The maximum atomic E-state index is 13.4. The number of carbonyl (C=O) groups is 1. The van der Waals surface area contributed by atoms with Crippen molar-refractivity contribution < 1.29 is 15.2 Å². The molecular formula is C23H26N4O4. The van der Waals surface area contributed by atoms with E-state index in [2.05, 4.69) is 30.7 Å². The summed E-state index contributed by atoms with van der Waals surface area (Å²) in [5.41, 5.74) is 1.91. The summed E-state index contributed by atoms with van der Waals surface area (Å²) in [5.74, 6) is 0.182. The Morgan fingerprint density at radius 2 is 1.97 bits per heavy atom. The molecule has 5 rings (SSSR count). The van der Waals surface area contributed by atoms with Crippen LogP contribution in [0.25, 0.3) is 10.9 Å². The van der Waals surface area contributed by atoms with Crippen molar-refractivity contribution in [3.8, 4) is 0 Å². The van der Waals surface area contributed by atoms with Gasteiger partial charge in [-0.15, -0.1) is 0 Å². The maximum absolute atomic E-state index is 13.4. The van der Waals surface area contributed by atoms with Crippen molar-refractivity contribution in [3.63, 3.8) is 0 Å². The van der Waals surface area contributed by atoms with E-state index in [1.807, 2.05) is 23.1 Å². The number of carbonyl (C=O) groups excluding carboxylic acids is 1. The van der Waals surface area contributed by atoms with E-state index in [0.29, 0.717) is 31.2 Å². The summed E-state index contributed by atoms with van der Waals surface area (Å²) in [5, 5.41) is 20.5. The Morgan fingerprint density at radius 3 is 2.71 bits per heavy atom. The highest BCUT2D eigenvalue weighted by Crippen LogP contribution is 2.36. The lowest BCUT2D eigenvalue weighted by Gasteiger charge is -2.42. The van der Waals surface area contributed by atoms with E-state index in [-0.39, 0.29) is 23.4 Å². The van der Waals surface area contributed by atoms with Gasteiger partial charge < -0.3 is 19.2 Å². The van der Waals surface area contributed by atoms with Crippen LogP contribution in [0.4, 0.5) is 5.69 Å². The molecule has 8 heteroatoms. The Kier molecular flexibility index (Phi) is 4.73. The van der Waals surface area contributed by atoms with Gasteiger partial charge in [-0.25, -0.2) is 5.21 Å². The van der Waals surface area contributed by atoms with Crippen LogP contribution in [0, 0.1) is 11.1 Å². The second-order valence-corrected chi connectivity index (χ2v) is 8.99. The molecular weight excluding hydrogens is 396 g/mol. The van der Waals surface area contributed by atoms with Crippen molar-refractivity contribution in [2.45, 2.75) is 38.8 Å². The van der Waals surface area contributed by atoms with E-state index in [9.17, 15) is 20.0 Å². The minimum atomic E-state index is -1.20. The molecule has 2 aliphatic rings. The van der Waals surface area contributed by atoms with Gasteiger partial charge >= 0.3 is 5.56 Å². The number of likely N-dealkylation sites (tertiary alicyclic amines) is 1. The second kappa shape index (κ2) is 7.33. The van der Waals surface area contributed by atoms with Gasteiger partial charge in [0.1, 0.15) is 0 Å². The minimum absolute atomic E-state index is 0.00561. The van der Waals surface area contributed by atoms with E-state index < -0.39 is 10.8 Å². The van der Waals surface area contributed by atoms with Gasteiger partial charge in [-0.05, 0) is 55.8 Å². The normalized spacial score (nSPS) is 21.4. The zero-order chi connectivity index (χ0) is 21.9. The Hall–Kier alpha value is -2.94. The molecule has 3 atom stereocenters.